The Bertz CT molecular complexity index is 1010. The Balaban J connectivity index is 1.38. The second-order valence-corrected chi connectivity index (χ2v) is 8.44. The minimum absolute atomic E-state index is 0.0498. The number of epoxide rings is 1. The molecule has 2 aromatic carbocycles. The van der Waals surface area contributed by atoms with Gasteiger partial charge in [0.1, 0.15) is 6.10 Å². The lowest BCUT2D eigenvalue weighted by atomic mass is 10.1. The standard InChI is InChI=1S/C24H28F3N5O3/c1-2-30-12-14-31(15-13-30)23(34)32(19-6-4-3-5-7-19)16-17-8-10-18(11-9-17)20-21(35-20)28-29-22(33)24(25,26)27/h3-11,20-21,28H,2,12-16H2,1H3,(H,29,33). The van der Waals surface area contributed by atoms with Gasteiger partial charge in [-0.15, -0.1) is 0 Å². The maximum absolute atomic E-state index is 13.4. The summed E-state index contributed by atoms with van der Waals surface area (Å²) in [4.78, 5) is 30.3. The van der Waals surface area contributed by atoms with Crippen LogP contribution in [0.25, 0.3) is 0 Å². The Morgan fingerprint density at radius 3 is 2.29 bits per heavy atom. The molecule has 2 aliphatic heterocycles. The van der Waals surface area contributed by atoms with Gasteiger partial charge in [-0.3, -0.25) is 15.1 Å². The first-order chi connectivity index (χ1) is 16.8. The van der Waals surface area contributed by atoms with E-state index < -0.39 is 24.4 Å². The van der Waals surface area contributed by atoms with Crippen LogP contribution in [0.3, 0.4) is 0 Å². The van der Waals surface area contributed by atoms with Crippen LogP contribution in [0.5, 0.6) is 0 Å². The lowest BCUT2D eigenvalue weighted by Gasteiger charge is -2.37. The van der Waals surface area contributed by atoms with Gasteiger partial charge >= 0.3 is 18.1 Å². The van der Waals surface area contributed by atoms with Crippen LogP contribution in [-0.2, 0) is 16.1 Å². The van der Waals surface area contributed by atoms with Crippen molar-refractivity contribution in [3.63, 3.8) is 0 Å². The summed E-state index contributed by atoms with van der Waals surface area (Å²) in [6.07, 6.45) is -6.18. The molecule has 11 heteroatoms. The predicted octanol–water partition coefficient (Wildman–Crippen LogP) is 3.03. The van der Waals surface area contributed by atoms with Crippen LogP contribution >= 0.6 is 0 Å². The van der Waals surface area contributed by atoms with E-state index >= 15 is 0 Å². The summed E-state index contributed by atoms with van der Waals surface area (Å²) >= 11 is 0. The minimum atomic E-state index is -4.97. The number of hydrogen-bond acceptors (Lipinski definition) is 5. The number of ether oxygens (including phenoxy) is 1. The summed E-state index contributed by atoms with van der Waals surface area (Å²) in [6.45, 7) is 6.49. The van der Waals surface area contributed by atoms with Crippen molar-refractivity contribution in [1.82, 2.24) is 20.7 Å². The predicted molar refractivity (Wildman–Crippen MR) is 123 cm³/mol. The summed E-state index contributed by atoms with van der Waals surface area (Å²) in [5.74, 6) is -2.08. The normalized spacial score (nSPS) is 20.4. The third-order valence-corrected chi connectivity index (χ3v) is 6.11. The van der Waals surface area contributed by atoms with Gasteiger partial charge in [0.15, 0.2) is 6.23 Å². The Hall–Kier alpha value is -3.15. The lowest BCUT2D eigenvalue weighted by molar-refractivity contribution is -0.174. The molecular weight excluding hydrogens is 463 g/mol. The van der Waals surface area contributed by atoms with Gasteiger partial charge in [-0.25, -0.2) is 10.2 Å². The third kappa shape index (κ3) is 6.30. The van der Waals surface area contributed by atoms with E-state index in [0.717, 1.165) is 36.4 Å². The average molecular weight is 492 g/mol. The van der Waals surface area contributed by atoms with Gasteiger partial charge in [0.2, 0.25) is 0 Å². The fraction of sp³-hybridized carbons (Fsp3) is 0.417. The minimum Gasteiger partial charge on any atom is -0.346 e. The van der Waals surface area contributed by atoms with E-state index in [4.69, 9.17) is 4.74 Å². The first-order valence-corrected chi connectivity index (χ1v) is 11.5. The van der Waals surface area contributed by atoms with E-state index in [9.17, 15) is 22.8 Å². The quantitative estimate of drug-likeness (QED) is 0.460. The number of benzene rings is 2. The molecule has 4 rings (SSSR count). The van der Waals surface area contributed by atoms with Gasteiger partial charge in [0, 0.05) is 31.9 Å². The topological polar surface area (TPSA) is 80.5 Å². The fourth-order valence-corrected chi connectivity index (χ4v) is 3.98. The number of amides is 3. The van der Waals surface area contributed by atoms with Crippen LogP contribution < -0.4 is 15.8 Å². The third-order valence-electron chi connectivity index (χ3n) is 6.11. The molecule has 188 valence electrons. The van der Waals surface area contributed by atoms with Crippen LogP contribution in [0, 0.1) is 0 Å². The van der Waals surface area contributed by atoms with Crippen molar-refractivity contribution in [3.8, 4) is 0 Å². The number of piperazine rings is 1. The van der Waals surface area contributed by atoms with Crippen LogP contribution in [-0.4, -0.2) is 66.9 Å². The highest BCUT2D eigenvalue weighted by atomic mass is 19.4. The van der Waals surface area contributed by atoms with Crippen LogP contribution in [0.15, 0.2) is 54.6 Å². The van der Waals surface area contributed by atoms with E-state index in [1.54, 1.807) is 22.5 Å². The molecule has 0 aliphatic carbocycles. The second kappa shape index (κ2) is 10.6. The Morgan fingerprint density at radius 1 is 1.03 bits per heavy atom. The highest BCUT2D eigenvalue weighted by molar-refractivity contribution is 5.92. The molecule has 2 atom stereocenters. The second-order valence-electron chi connectivity index (χ2n) is 8.44. The van der Waals surface area contributed by atoms with Crippen molar-refractivity contribution in [3.05, 3.63) is 65.7 Å². The van der Waals surface area contributed by atoms with E-state index in [0.29, 0.717) is 19.6 Å². The molecule has 2 heterocycles. The summed E-state index contributed by atoms with van der Waals surface area (Å²) in [6, 6.07) is 16.8. The van der Waals surface area contributed by atoms with Gasteiger partial charge in [-0.1, -0.05) is 49.4 Å². The fourth-order valence-electron chi connectivity index (χ4n) is 3.98. The Morgan fingerprint density at radius 2 is 1.69 bits per heavy atom. The largest absolute Gasteiger partial charge is 0.472 e. The monoisotopic (exact) mass is 491 g/mol. The number of para-hydroxylation sites is 1. The van der Waals surface area contributed by atoms with E-state index in [-0.39, 0.29) is 6.03 Å². The number of carbonyl (C=O) groups excluding carboxylic acids is 2. The molecule has 2 N–H and O–H groups in total. The summed E-state index contributed by atoms with van der Waals surface area (Å²) in [7, 11) is 0. The van der Waals surface area contributed by atoms with Crippen molar-refractivity contribution in [1.29, 1.82) is 0 Å². The number of carbonyl (C=O) groups is 2. The maximum Gasteiger partial charge on any atom is 0.472 e. The number of nitrogens with zero attached hydrogens (tertiary/aromatic N) is 3. The van der Waals surface area contributed by atoms with Crippen LogP contribution in [0.2, 0.25) is 0 Å². The molecule has 0 spiro atoms. The number of hydrazine groups is 1. The number of nitrogens with one attached hydrogen (secondary N) is 2. The molecule has 2 aliphatic rings. The van der Waals surface area contributed by atoms with Gasteiger partial charge in [-0.2, -0.15) is 13.2 Å². The van der Waals surface area contributed by atoms with Crippen LogP contribution in [0.1, 0.15) is 24.2 Å². The van der Waals surface area contributed by atoms with E-state index in [2.05, 4.69) is 17.2 Å². The smallest absolute Gasteiger partial charge is 0.346 e. The average Bonchev–Trinajstić information content (AvgIpc) is 3.65. The van der Waals surface area contributed by atoms with Crippen molar-refractivity contribution in [2.45, 2.75) is 32.0 Å². The van der Waals surface area contributed by atoms with Gasteiger partial charge in [-0.05, 0) is 29.8 Å². The molecule has 0 aromatic heterocycles. The molecule has 2 fully saturated rings. The molecule has 35 heavy (non-hydrogen) atoms. The Kier molecular flexibility index (Phi) is 7.58. The number of alkyl halides is 3. The van der Waals surface area contributed by atoms with E-state index in [1.165, 1.54) is 0 Å². The summed E-state index contributed by atoms with van der Waals surface area (Å²) < 4.78 is 42.2. The first kappa shape index (κ1) is 25.0. The summed E-state index contributed by atoms with van der Waals surface area (Å²) in [5.41, 5.74) is 6.28. The summed E-state index contributed by atoms with van der Waals surface area (Å²) in [5, 5.41) is 0. The zero-order chi connectivity index (χ0) is 25.0. The number of rotatable bonds is 7. The van der Waals surface area contributed by atoms with Crippen LogP contribution in [0.4, 0.5) is 23.7 Å². The van der Waals surface area contributed by atoms with Gasteiger partial charge < -0.3 is 14.5 Å². The van der Waals surface area contributed by atoms with Crippen molar-refractivity contribution in [2.24, 2.45) is 0 Å². The molecule has 0 bridgehead atoms. The number of likely N-dealkylation sites (N-methyl/N-ethyl adjacent to an activating group) is 1. The van der Waals surface area contributed by atoms with Crippen molar-refractivity contribution in [2.75, 3.05) is 37.6 Å². The molecular formula is C24H28F3N5O3. The molecule has 0 saturated carbocycles. The molecule has 2 aromatic rings. The molecule has 3 amide bonds. The zero-order valence-corrected chi connectivity index (χ0v) is 19.3. The molecule has 2 saturated heterocycles. The number of anilines is 1. The maximum atomic E-state index is 13.4. The van der Waals surface area contributed by atoms with Crippen molar-refractivity contribution < 1.29 is 27.5 Å². The first-order valence-electron chi connectivity index (χ1n) is 11.5. The van der Waals surface area contributed by atoms with E-state index in [1.807, 2.05) is 47.4 Å². The highest BCUT2D eigenvalue weighted by Crippen LogP contribution is 2.36. The number of hydrogen-bond donors (Lipinski definition) is 2. The molecule has 0 radical (unpaired) electrons. The zero-order valence-electron chi connectivity index (χ0n) is 19.3. The molecule has 8 nitrogen and oxygen atoms in total. The number of halogens is 3. The van der Waals surface area contributed by atoms with Crippen molar-refractivity contribution >= 4 is 17.6 Å². The molecule has 2 unspecified atom stereocenters. The number of urea groups is 1. The highest BCUT2D eigenvalue weighted by Gasteiger charge is 2.44. The van der Waals surface area contributed by atoms with Gasteiger partial charge in [0.25, 0.3) is 0 Å². The SMILES string of the molecule is CCN1CCN(C(=O)N(Cc2ccc(C3OC3NNC(=O)C(F)(F)F)cc2)c2ccccc2)CC1. The van der Waals surface area contributed by atoms with Gasteiger partial charge in [0.05, 0.1) is 6.54 Å². The lowest BCUT2D eigenvalue weighted by Crippen LogP contribution is -2.52. The Labute approximate surface area is 201 Å².